The molecule has 0 saturated carbocycles. The molecule has 3 heteroatoms. The average molecular weight is 221 g/mol. The third-order valence-electron chi connectivity index (χ3n) is 1.43. The van der Waals surface area contributed by atoms with Crippen molar-refractivity contribution in [2.75, 3.05) is 0 Å². The van der Waals surface area contributed by atoms with E-state index in [1.165, 1.54) is 6.08 Å². The highest BCUT2D eigenvalue weighted by Crippen LogP contribution is 2.20. The SMILES string of the molecule is C=C(O)/C(Br)=C\C(C)(O)CC. The van der Waals surface area contributed by atoms with Crippen LogP contribution in [0.4, 0.5) is 0 Å². The summed E-state index contributed by atoms with van der Waals surface area (Å²) in [6.45, 7) is 6.82. The fraction of sp³-hybridized carbons (Fsp3) is 0.500. The molecule has 0 fully saturated rings. The van der Waals surface area contributed by atoms with E-state index in [0.717, 1.165) is 0 Å². The molecule has 1 unspecified atom stereocenters. The van der Waals surface area contributed by atoms with Gasteiger partial charge in [0.2, 0.25) is 0 Å². The smallest absolute Gasteiger partial charge is 0.122 e. The molecule has 0 aromatic carbocycles. The Balaban J connectivity index is 4.41. The normalized spacial score (nSPS) is 17.6. The van der Waals surface area contributed by atoms with Crippen molar-refractivity contribution in [2.45, 2.75) is 25.9 Å². The lowest BCUT2D eigenvalue weighted by atomic mass is 10.0. The molecule has 1 atom stereocenters. The minimum Gasteiger partial charge on any atom is -0.507 e. The number of halogens is 1. The zero-order valence-corrected chi connectivity index (χ0v) is 8.35. The molecule has 11 heavy (non-hydrogen) atoms. The Kier molecular flexibility index (Phi) is 3.83. The van der Waals surface area contributed by atoms with Crippen LogP contribution in [-0.2, 0) is 0 Å². The summed E-state index contributed by atoms with van der Waals surface area (Å²) in [7, 11) is 0. The van der Waals surface area contributed by atoms with Crippen LogP contribution in [0.2, 0.25) is 0 Å². The molecule has 0 amide bonds. The third-order valence-corrected chi connectivity index (χ3v) is 2.12. The van der Waals surface area contributed by atoms with Crippen molar-refractivity contribution in [3.63, 3.8) is 0 Å². The van der Waals surface area contributed by atoms with Gasteiger partial charge in [0.05, 0.1) is 10.1 Å². The van der Waals surface area contributed by atoms with Crippen LogP contribution in [0.25, 0.3) is 0 Å². The van der Waals surface area contributed by atoms with Crippen molar-refractivity contribution in [2.24, 2.45) is 0 Å². The topological polar surface area (TPSA) is 40.5 Å². The Hall–Kier alpha value is -0.280. The number of rotatable bonds is 3. The molecule has 2 nitrogen and oxygen atoms in total. The highest BCUT2D eigenvalue weighted by atomic mass is 79.9. The van der Waals surface area contributed by atoms with Crippen LogP contribution in [0.1, 0.15) is 20.3 Å². The molecule has 2 N–H and O–H groups in total. The van der Waals surface area contributed by atoms with Gasteiger partial charge in [-0.3, -0.25) is 0 Å². The first-order chi connectivity index (χ1) is 4.89. The van der Waals surface area contributed by atoms with Gasteiger partial charge in [-0.05, 0) is 35.4 Å². The summed E-state index contributed by atoms with van der Waals surface area (Å²) >= 11 is 3.07. The summed E-state index contributed by atoms with van der Waals surface area (Å²) < 4.78 is 0.435. The second kappa shape index (κ2) is 3.93. The second-order valence-electron chi connectivity index (χ2n) is 2.65. The standard InChI is InChI=1S/C8H13BrO2/c1-4-8(3,11)5-7(9)6(2)10/h5,10-11H,2,4H2,1,3H3/b7-5+. The van der Waals surface area contributed by atoms with Gasteiger partial charge in [0.25, 0.3) is 0 Å². The largest absolute Gasteiger partial charge is 0.507 e. The lowest BCUT2D eigenvalue weighted by Crippen LogP contribution is -2.19. The number of hydrogen-bond donors (Lipinski definition) is 2. The maximum atomic E-state index is 9.48. The lowest BCUT2D eigenvalue weighted by molar-refractivity contribution is 0.107. The van der Waals surface area contributed by atoms with Crippen LogP contribution in [0.5, 0.6) is 0 Å². The van der Waals surface area contributed by atoms with E-state index in [0.29, 0.717) is 10.9 Å². The molecule has 0 aromatic rings. The van der Waals surface area contributed by atoms with Crippen LogP contribution in [0, 0.1) is 0 Å². The number of allylic oxidation sites excluding steroid dienone is 1. The van der Waals surface area contributed by atoms with E-state index < -0.39 is 5.60 Å². The van der Waals surface area contributed by atoms with Crippen molar-refractivity contribution in [1.82, 2.24) is 0 Å². The molecular weight excluding hydrogens is 208 g/mol. The molecule has 0 aliphatic heterocycles. The Morgan fingerprint density at radius 2 is 2.18 bits per heavy atom. The van der Waals surface area contributed by atoms with Crippen molar-refractivity contribution >= 4 is 15.9 Å². The van der Waals surface area contributed by atoms with Gasteiger partial charge in [-0.2, -0.15) is 0 Å². The van der Waals surface area contributed by atoms with Crippen LogP contribution in [-0.4, -0.2) is 15.8 Å². The molecule has 0 rings (SSSR count). The molecule has 0 bridgehead atoms. The predicted molar refractivity (Wildman–Crippen MR) is 49.7 cm³/mol. The summed E-state index contributed by atoms with van der Waals surface area (Å²) in [6, 6.07) is 0. The molecule has 0 aliphatic rings. The van der Waals surface area contributed by atoms with Crippen molar-refractivity contribution < 1.29 is 10.2 Å². The minimum absolute atomic E-state index is 0.0706. The average Bonchev–Trinajstić information content (AvgIpc) is 1.87. The van der Waals surface area contributed by atoms with Crippen LogP contribution >= 0.6 is 15.9 Å². The minimum atomic E-state index is -0.884. The van der Waals surface area contributed by atoms with Gasteiger partial charge >= 0.3 is 0 Å². The summed E-state index contributed by atoms with van der Waals surface area (Å²) in [5, 5.41) is 18.3. The fourth-order valence-electron chi connectivity index (χ4n) is 0.458. The van der Waals surface area contributed by atoms with Gasteiger partial charge < -0.3 is 10.2 Å². The van der Waals surface area contributed by atoms with Gasteiger partial charge in [0.1, 0.15) is 5.76 Å². The molecule has 0 saturated heterocycles. The van der Waals surface area contributed by atoms with Crippen molar-refractivity contribution in [1.29, 1.82) is 0 Å². The molecule has 0 heterocycles. The van der Waals surface area contributed by atoms with E-state index in [2.05, 4.69) is 22.5 Å². The van der Waals surface area contributed by atoms with E-state index in [9.17, 15) is 5.11 Å². The van der Waals surface area contributed by atoms with E-state index >= 15 is 0 Å². The Labute approximate surface area is 75.4 Å². The maximum Gasteiger partial charge on any atom is 0.122 e. The van der Waals surface area contributed by atoms with E-state index in [4.69, 9.17) is 5.11 Å². The Morgan fingerprint density at radius 3 is 2.45 bits per heavy atom. The van der Waals surface area contributed by atoms with E-state index in [1.807, 2.05) is 6.92 Å². The highest BCUT2D eigenvalue weighted by molar-refractivity contribution is 9.11. The second-order valence-corrected chi connectivity index (χ2v) is 3.50. The van der Waals surface area contributed by atoms with Crippen molar-refractivity contribution in [3.05, 3.63) is 22.9 Å². The summed E-state index contributed by atoms with van der Waals surface area (Å²) in [4.78, 5) is 0. The van der Waals surface area contributed by atoms with Gasteiger partial charge in [-0.1, -0.05) is 13.5 Å². The Morgan fingerprint density at radius 1 is 1.73 bits per heavy atom. The molecule has 0 spiro atoms. The third kappa shape index (κ3) is 4.22. The number of hydrogen-bond acceptors (Lipinski definition) is 2. The fourth-order valence-corrected chi connectivity index (χ4v) is 0.952. The number of aliphatic hydroxyl groups excluding tert-OH is 1. The van der Waals surface area contributed by atoms with Crippen LogP contribution < -0.4 is 0 Å². The molecule has 64 valence electrons. The zero-order chi connectivity index (χ0) is 9.07. The molecule has 0 aromatic heterocycles. The first-order valence-corrected chi connectivity index (χ1v) is 4.17. The van der Waals surface area contributed by atoms with Gasteiger partial charge in [-0.25, -0.2) is 0 Å². The Bertz CT molecular complexity index is 183. The predicted octanol–water partition coefficient (Wildman–Crippen LogP) is 2.50. The number of aliphatic hydroxyl groups is 2. The van der Waals surface area contributed by atoms with E-state index in [-0.39, 0.29) is 5.76 Å². The highest BCUT2D eigenvalue weighted by Gasteiger charge is 2.14. The lowest BCUT2D eigenvalue weighted by Gasteiger charge is -2.16. The molecule has 0 radical (unpaired) electrons. The summed E-state index contributed by atoms with van der Waals surface area (Å²) in [5.41, 5.74) is -0.884. The zero-order valence-electron chi connectivity index (χ0n) is 6.76. The van der Waals surface area contributed by atoms with E-state index in [1.54, 1.807) is 6.92 Å². The monoisotopic (exact) mass is 220 g/mol. The maximum absolute atomic E-state index is 9.48. The van der Waals surface area contributed by atoms with Gasteiger partial charge in [-0.15, -0.1) is 0 Å². The van der Waals surface area contributed by atoms with Gasteiger partial charge in [0, 0.05) is 0 Å². The molecule has 0 aliphatic carbocycles. The van der Waals surface area contributed by atoms with Gasteiger partial charge in [0.15, 0.2) is 0 Å². The molecular formula is C8H13BrO2. The first-order valence-electron chi connectivity index (χ1n) is 3.38. The first kappa shape index (κ1) is 10.7. The summed E-state index contributed by atoms with van der Waals surface area (Å²) in [5.74, 6) is -0.0706. The quantitative estimate of drug-likeness (QED) is 0.567. The summed E-state index contributed by atoms with van der Waals surface area (Å²) in [6.07, 6.45) is 2.12. The van der Waals surface area contributed by atoms with Crippen molar-refractivity contribution in [3.8, 4) is 0 Å². The van der Waals surface area contributed by atoms with Crippen LogP contribution in [0.15, 0.2) is 22.9 Å². The van der Waals surface area contributed by atoms with Crippen LogP contribution in [0.3, 0.4) is 0 Å².